The molecule has 0 radical (unpaired) electrons. The summed E-state index contributed by atoms with van der Waals surface area (Å²) in [7, 11) is 0. The second kappa shape index (κ2) is 8.23. The van der Waals surface area contributed by atoms with E-state index in [0.29, 0.717) is 28.4 Å². The number of amides is 3. The zero-order chi connectivity index (χ0) is 22.1. The van der Waals surface area contributed by atoms with Crippen molar-refractivity contribution in [2.75, 3.05) is 11.9 Å². The minimum absolute atomic E-state index is 0.0621. The first kappa shape index (κ1) is 20.6. The standard InChI is InChI=1S/C23H18N2O5S/c1-13-6-5-8-17(14(13)2)24-20(26)12-25-21(27)19(31-23(25)29)11-16-10-15-7-3-4-9-18(15)30-22(16)28/h3-11H,12H2,1-2H3,(H,24,26)/b19-11+. The van der Waals surface area contributed by atoms with E-state index in [1.165, 1.54) is 6.08 Å². The van der Waals surface area contributed by atoms with Gasteiger partial charge >= 0.3 is 5.63 Å². The average molecular weight is 434 g/mol. The summed E-state index contributed by atoms with van der Waals surface area (Å²) >= 11 is 0.683. The molecule has 1 aliphatic rings. The van der Waals surface area contributed by atoms with Crippen LogP contribution in [0.2, 0.25) is 0 Å². The van der Waals surface area contributed by atoms with Crippen LogP contribution in [-0.4, -0.2) is 28.5 Å². The number of imide groups is 1. The van der Waals surface area contributed by atoms with E-state index in [-0.39, 0.29) is 10.5 Å². The minimum Gasteiger partial charge on any atom is -0.422 e. The summed E-state index contributed by atoms with van der Waals surface area (Å²) in [5.41, 5.74) is 2.53. The SMILES string of the molecule is Cc1cccc(NC(=O)CN2C(=O)S/C(=C/c3cc4ccccc4oc3=O)C2=O)c1C. The monoisotopic (exact) mass is 434 g/mol. The average Bonchev–Trinajstić information content (AvgIpc) is 2.99. The molecular weight excluding hydrogens is 416 g/mol. The number of anilines is 1. The minimum atomic E-state index is -0.626. The van der Waals surface area contributed by atoms with Crippen molar-refractivity contribution in [2.24, 2.45) is 0 Å². The number of fused-ring (bicyclic) bond motifs is 1. The summed E-state index contributed by atoms with van der Waals surface area (Å²) in [6, 6.07) is 14.1. The van der Waals surface area contributed by atoms with Crippen molar-refractivity contribution in [3.05, 3.63) is 80.5 Å². The number of hydrogen-bond acceptors (Lipinski definition) is 6. The number of aryl methyl sites for hydroxylation is 1. The zero-order valence-electron chi connectivity index (χ0n) is 16.8. The van der Waals surface area contributed by atoms with Gasteiger partial charge in [-0.25, -0.2) is 4.79 Å². The van der Waals surface area contributed by atoms with E-state index >= 15 is 0 Å². The van der Waals surface area contributed by atoms with Crippen LogP contribution < -0.4 is 10.9 Å². The molecule has 0 aliphatic carbocycles. The predicted molar refractivity (Wildman–Crippen MR) is 120 cm³/mol. The van der Waals surface area contributed by atoms with Crippen LogP contribution >= 0.6 is 11.8 Å². The topological polar surface area (TPSA) is 96.7 Å². The number of nitrogens with one attached hydrogen (secondary N) is 1. The fraction of sp³-hybridized carbons (Fsp3) is 0.130. The summed E-state index contributed by atoms with van der Waals surface area (Å²) in [6.07, 6.45) is 1.33. The molecule has 3 amide bonds. The van der Waals surface area contributed by atoms with Crippen molar-refractivity contribution in [2.45, 2.75) is 13.8 Å². The van der Waals surface area contributed by atoms with Crippen LogP contribution in [0.4, 0.5) is 10.5 Å². The van der Waals surface area contributed by atoms with E-state index < -0.39 is 29.2 Å². The fourth-order valence-corrected chi connectivity index (χ4v) is 4.01. The molecule has 2 aromatic carbocycles. The van der Waals surface area contributed by atoms with Crippen LogP contribution in [0.25, 0.3) is 17.0 Å². The molecule has 1 aromatic heterocycles. The van der Waals surface area contributed by atoms with E-state index in [1.807, 2.05) is 26.0 Å². The highest BCUT2D eigenvalue weighted by Gasteiger charge is 2.36. The summed E-state index contributed by atoms with van der Waals surface area (Å²) in [5.74, 6) is -1.11. The van der Waals surface area contributed by atoms with Crippen LogP contribution in [0.5, 0.6) is 0 Å². The van der Waals surface area contributed by atoms with Crippen LogP contribution in [0.3, 0.4) is 0 Å². The normalized spacial score (nSPS) is 15.2. The second-order valence-electron chi connectivity index (χ2n) is 7.09. The molecule has 1 fully saturated rings. The molecular formula is C23H18N2O5S. The Kier molecular flexibility index (Phi) is 5.48. The molecule has 7 nitrogen and oxygen atoms in total. The van der Waals surface area contributed by atoms with Crippen molar-refractivity contribution < 1.29 is 18.8 Å². The Balaban J connectivity index is 1.54. The van der Waals surface area contributed by atoms with E-state index in [9.17, 15) is 19.2 Å². The van der Waals surface area contributed by atoms with Crippen molar-refractivity contribution >= 4 is 51.5 Å². The molecule has 1 N–H and O–H groups in total. The smallest absolute Gasteiger partial charge is 0.343 e. The lowest BCUT2D eigenvalue weighted by atomic mass is 10.1. The number of carbonyl (C=O) groups is 3. The third-order valence-electron chi connectivity index (χ3n) is 5.01. The first-order valence-electron chi connectivity index (χ1n) is 9.48. The Morgan fingerprint density at radius 3 is 2.68 bits per heavy atom. The fourth-order valence-electron chi connectivity index (χ4n) is 3.18. The predicted octanol–water partition coefficient (Wildman–Crippen LogP) is 4.08. The van der Waals surface area contributed by atoms with Gasteiger partial charge < -0.3 is 9.73 Å². The van der Waals surface area contributed by atoms with Gasteiger partial charge in [0, 0.05) is 11.1 Å². The number of para-hydroxylation sites is 1. The van der Waals surface area contributed by atoms with E-state index in [1.54, 1.807) is 36.4 Å². The van der Waals surface area contributed by atoms with Gasteiger partial charge in [0.05, 0.1) is 10.5 Å². The van der Waals surface area contributed by atoms with Crippen molar-refractivity contribution in [3.8, 4) is 0 Å². The molecule has 0 atom stereocenters. The Morgan fingerprint density at radius 1 is 1.10 bits per heavy atom. The Morgan fingerprint density at radius 2 is 1.87 bits per heavy atom. The lowest BCUT2D eigenvalue weighted by molar-refractivity contribution is -0.127. The molecule has 8 heteroatoms. The van der Waals surface area contributed by atoms with Gasteiger partial charge in [-0.15, -0.1) is 0 Å². The molecule has 1 aliphatic heterocycles. The largest absolute Gasteiger partial charge is 0.422 e. The molecule has 4 rings (SSSR count). The van der Waals surface area contributed by atoms with E-state index in [2.05, 4.69) is 5.32 Å². The summed E-state index contributed by atoms with van der Waals surface area (Å²) in [4.78, 5) is 50.6. The van der Waals surface area contributed by atoms with Crippen molar-refractivity contribution in [1.29, 1.82) is 0 Å². The zero-order valence-corrected chi connectivity index (χ0v) is 17.6. The third kappa shape index (κ3) is 4.15. The van der Waals surface area contributed by atoms with Gasteiger partial charge in [-0.2, -0.15) is 0 Å². The van der Waals surface area contributed by atoms with Gasteiger partial charge in [0.2, 0.25) is 5.91 Å². The molecule has 2 heterocycles. The van der Waals surface area contributed by atoms with Gasteiger partial charge in [0.1, 0.15) is 12.1 Å². The molecule has 156 valence electrons. The highest BCUT2D eigenvalue weighted by atomic mass is 32.2. The maximum atomic E-state index is 12.7. The van der Waals surface area contributed by atoms with Crippen LogP contribution in [0, 0.1) is 13.8 Å². The first-order chi connectivity index (χ1) is 14.8. The second-order valence-corrected chi connectivity index (χ2v) is 8.08. The quantitative estimate of drug-likeness (QED) is 0.491. The van der Waals surface area contributed by atoms with Gasteiger partial charge in [-0.3, -0.25) is 19.3 Å². The van der Waals surface area contributed by atoms with E-state index in [4.69, 9.17) is 4.42 Å². The third-order valence-corrected chi connectivity index (χ3v) is 5.92. The molecule has 1 saturated heterocycles. The molecule has 0 bridgehead atoms. The number of thioether (sulfide) groups is 1. The Hall–Kier alpha value is -3.65. The van der Waals surface area contributed by atoms with Gasteiger partial charge in [0.25, 0.3) is 11.1 Å². The summed E-state index contributed by atoms with van der Waals surface area (Å²) in [5, 5.41) is 2.86. The molecule has 3 aromatic rings. The lowest BCUT2D eigenvalue weighted by Crippen LogP contribution is -2.36. The Bertz CT molecular complexity index is 1330. The van der Waals surface area contributed by atoms with Crippen molar-refractivity contribution in [3.63, 3.8) is 0 Å². The van der Waals surface area contributed by atoms with Crippen molar-refractivity contribution in [1.82, 2.24) is 4.90 Å². The number of rotatable bonds is 4. The van der Waals surface area contributed by atoms with Crippen LogP contribution in [-0.2, 0) is 9.59 Å². The molecule has 0 spiro atoms. The van der Waals surface area contributed by atoms with E-state index in [0.717, 1.165) is 16.0 Å². The molecule has 0 saturated carbocycles. The molecule has 0 unspecified atom stereocenters. The maximum absolute atomic E-state index is 12.7. The highest BCUT2D eigenvalue weighted by molar-refractivity contribution is 8.18. The van der Waals surface area contributed by atoms with Gasteiger partial charge in [-0.05, 0) is 61.0 Å². The van der Waals surface area contributed by atoms with Crippen LogP contribution in [0.1, 0.15) is 16.7 Å². The highest BCUT2D eigenvalue weighted by Crippen LogP contribution is 2.32. The number of carbonyl (C=O) groups excluding carboxylic acids is 3. The number of benzene rings is 2. The summed E-state index contributed by atoms with van der Waals surface area (Å²) < 4.78 is 5.26. The first-order valence-corrected chi connectivity index (χ1v) is 10.3. The summed E-state index contributed by atoms with van der Waals surface area (Å²) in [6.45, 7) is 3.39. The van der Waals surface area contributed by atoms with Gasteiger partial charge in [0.15, 0.2) is 0 Å². The van der Waals surface area contributed by atoms with Crippen LogP contribution in [0.15, 0.2) is 62.6 Å². The maximum Gasteiger partial charge on any atom is 0.343 e. The Labute approximate surface area is 181 Å². The number of nitrogens with zero attached hydrogens (tertiary/aromatic N) is 1. The lowest BCUT2D eigenvalue weighted by Gasteiger charge is -2.14. The van der Waals surface area contributed by atoms with Gasteiger partial charge in [-0.1, -0.05) is 30.3 Å². The molecule has 31 heavy (non-hydrogen) atoms. The number of hydrogen-bond donors (Lipinski definition) is 1.